The topological polar surface area (TPSA) is 26.5 Å². The Hall–Kier alpha value is -6.00. The Balaban J connectivity index is 0.000000163. The van der Waals surface area contributed by atoms with Crippen LogP contribution in [0.1, 0.15) is 36.4 Å². The average molecular weight is 955 g/mol. The standard InChI is InChI=1S/C19H14F5N2.2C18H15P.Cu/c1-7-5-9(3)25-18(7)12(19-8(2)6-10(4)26-19)11-13(20)15(22)17(24)16(23)14(11)21;2*1-4-10-16(11-5-1)19(17-12-6-2-7-13-17)18-14-8-3-9-15-18;/h5-6H,1-4H3;2*1-15H;/q-1;;;+1/p+2/b18-12-;;;. The summed E-state index contributed by atoms with van der Waals surface area (Å²) in [5, 5.41) is 8.61. The second-order valence-electron chi connectivity index (χ2n) is 15.1. The fraction of sp³-hybridized carbons (Fsp3) is 0.0727. The predicted molar refractivity (Wildman–Crippen MR) is 261 cm³/mol. The van der Waals surface area contributed by atoms with Gasteiger partial charge in [-0.25, -0.2) is 22.0 Å². The number of allylic oxidation sites excluding steroid dienone is 2. The third kappa shape index (κ3) is 11.5. The summed E-state index contributed by atoms with van der Waals surface area (Å²) in [4.78, 5) is 8.46. The molecular weight excluding hydrogens is 909 g/mol. The zero-order valence-corrected chi connectivity index (χ0v) is 39.0. The SMILES string of the molecule is CC1=CC(C)=N/C1=C(\c1[n-]c(C)cc1C)c1c(F)c(F)c(F)c(F)c1F.[Cu+].c1ccc([PH+](c2ccccc2)c2ccccc2)cc1.c1ccc([PH+](c2ccccc2)c2ccccc2)cc1. The van der Waals surface area contributed by atoms with E-state index in [4.69, 9.17) is 0 Å². The minimum absolute atomic E-state index is 0. The van der Waals surface area contributed by atoms with E-state index in [9.17, 15) is 22.0 Å². The molecule has 0 saturated heterocycles. The quantitative estimate of drug-likeness (QED) is 0.0490. The molecule has 0 spiro atoms. The summed E-state index contributed by atoms with van der Waals surface area (Å²) in [6.07, 6.45) is 1.66. The third-order valence-corrected chi connectivity index (χ3v) is 15.9. The van der Waals surface area contributed by atoms with E-state index in [-0.39, 0.29) is 34.0 Å². The molecule has 9 rings (SSSR count). The molecule has 10 heteroatoms. The molecule has 8 aromatic rings. The van der Waals surface area contributed by atoms with E-state index in [2.05, 4.69) is 192 Å². The van der Waals surface area contributed by atoms with Crippen LogP contribution in [0.2, 0.25) is 0 Å². The summed E-state index contributed by atoms with van der Waals surface area (Å²) in [6, 6.07) is 66.7. The molecule has 0 aliphatic carbocycles. The van der Waals surface area contributed by atoms with Crippen molar-refractivity contribution in [3.63, 3.8) is 0 Å². The molecule has 2 heterocycles. The molecule has 1 aliphatic heterocycles. The van der Waals surface area contributed by atoms with Crippen LogP contribution in [-0.2, 0) is 17.1 Å². The Labute approximate surface area is 390 Å². The number of hydrogen-bond acceptors (Lipinski definition) is 1. The number of halogens is 5. The fourth-order valence-corrected chi connectivity index (χ4v) is 12.8. The van der Waals surface area contributed by atoms with Crippen LogP contribution in [0, 0.1) is 42.9 Å². The van der Waals surface area contributed by atoms with E-state index in [1.54, 1.807) is 39.8 Å². The summed E-state index contributed by atoms with van der Waals surface area (Å²) < 4.78 is 70.1. The molecule has 0 radical (unpaired) electrons. The molecule has 0 N–H and O–H groups in total. The first-order valence-electron chi connectivity index (χ1n) is 20.7. The van der Waals surface area contributed by atoms with Crippen molar-refractivity contribution in [2.75, 3.05) is 0 Å². The molecule has 0 unspecified atom stereocenters. The predicted octanol–water partition coefficient (Wildman–Crippen LogP) is 11.5. The van der Waals surface area contributed by atoms with E-state index in [0.717, 1.165) is 0 Å². The normalized spacial score (nSPS) is 12.6. The largest absolute Gasteiger partial charge is 1.00 e. The van der Waals surface area contributed by atoms with E-state index in [1.165, 1.54) is 31.8 Å². The monoisotopic (exact) mass is 954 g/mol. The Morgan fingerprint density at radius 3 is 0.969 bits per heavy atom. The van der Waals surface area contributed by atoms with Gasteiger partial charge in [-0.2, -0.15) is 5.69 Å². The molecule has 0 saturated carbocycles. The maximum atomic E-state index is 14.5. The molecule has 0 bridgehead atoms. The van der Waals surface area contributed by atoms with Crippen LogP contribution < -0.4 is 36.8 Å². The minimum Gasteiger partial charge on any atom is -0.661 e. The maximum Gasteiger partial charge on any atom is 1.00 e. The number of aryl methyl sites for hydroxylation is 2. The van der Waals surface area contributed by atoms with Gasteiger partial charge in [0.2, 0.25) is 5.82 Å². The number of rotatable bonds is 8. The van der Waals surface area contributed by atoms with Crippen LogP contribution >= 0.6 is 15.8 Å². The van der Waals surface area contributed by atoms with Crippen LogP contribution in [0.4, 0.5) is 22.0 Å². The fourth-order valence-electron chi connectivity index (χ4n) is 7.67. The second kappa shape index (κ2) is 22.8. The van der Waals surface area contributed by atoms with Crippen molar-refractivity contribution in [1.29, 1.82) is 0 Å². The molecular formula is C55H46CuF5N2P2+2. The summed E-state index contributed by atoms with van der Waals surface area (Å²) >= 11 is 0. The molecule has 330 valence electrons. The van der Waals surface area contributed by atoms with Crippen LogP contribution in [0.5, 0.6) is 0 Å². The molecule has 2 nitrogen and oxygen atoms in total. The van der Waals surface area contributed by atoms with Gasteiger partial charge < -0.3 is 4.98 Å². The van der Waals surface area contributed by atoms with Gasteiger partial charge in [-0.1, -0.05) is 128 Å². The van der Waals surface area contributed by atoms with Crippen LogP contribution in [0.3, 0.4) is 0 Å². The molecule has 1 aliphatic rings. The maximum absolute atomic E-state index is 14.5. The molecule has 7 aromatic carbocycles. The second-order valence-corrected chi connectivity index (χ2v) is 20.1. The molecule has 0 fully saturated rings. The first kappa shape index (κ1) is 48.5. The summed E-state index contributed by atoms with van der Waals surface area (Å²) in [6.45, 7) is 6.63. The molecule has 0 atom stereocenters. The molecule has 0 amide bonds. The van der Waals surface area contributed by atoms with Gasteiger partial charge in [-0.15, -0.1) is 5.69 Å². The number of nitrogens with zero attached hydrogens (tertiary/aromatic N) is 2. The molecule has 65 heavy (non-hydrogen) atoms. The Morgan fingerprint density at radius 1 is 0.431 bits per heavy atom. The average Bonchev–Trinajstić information content (AvgIpc) is 3.86. The number of aromatic nitrogens is 1. The van der Waals surface area contributed by atoms with Crippen molar-refractivity contribution in [1.82, 2.24) is 4.98 Å². The minimum atomic E-state index is -2.20. The number of hydrogen-bond donors (Lipinski definition) is 0. The van der Waals surface area contributed by atoms with E-state index in [0.29, 0.717) is 22.5 Å². The smallest absolute Gasteiger partial charge is 0.661 e. The van der Waals surface area contributed by atoms with Crippen molar-refractivity contribution in [2.45, 2.75) is 27.7 Å². The zero-order valence-electron chi connectivity index (χ0n) is 36.1. The van der Waals surface area contributed by atoms with E-state index in [1.807, 2.05) is 0 Å². The first-order valence-corrected chi connectivity index (χ1v) is 23.7. The van der Waals surface area contributed by atoms with Gasteiger partial charge in [0.25, 0.3) is 0 Å². The zero-order chi connectivity index (χ0) is 45.2. The number of benzene rings is 7. The Kier molecular flexibility index (Phi) is 17.0. The van der Waals surface area contributed by atoms with Crippen LogP contribution in [-0.4, -0.2) is 5.71 Å². The van der Waals surface area contributed by atoms with Gasteiger partial charge in [-0.05, 0) is 111 Å². The van der Waals surface area contributed by atoms with Crippen molar-refractivity contribution in [2.24, 2.45) is 4.99 Å². The van der Waals surface area contributed by atoms with E-state index >= 15 is 0 Å². The van der Waals surface area contributed by atoms with Gasteiger partial charge in [0.15, 0.2) is 23.3 Å². The summed E-state index contributed by atoms with van der Waals surface area (Å²) in [5.74, 6) is -10.0. The van der Waals surface area contributed by atoms with Crippen molar-refractivity contribution < 1.29 is 39.0 Å². The Bertz CT molecular complexity index is 2570. The number of aliphatic imine (C=N–C) groups is 1. The van der Waals surface area contributed by atoms with Crippen LogP contribution in [0.25, 0.3) is 5.57 Å². The van der Waals surface area contributed by atoms with Gasteiger partial charge in [-0.3, -0.25) is 4.99 Å². The molecule has 1 aromatic heterocycles. The third-order valence-electron chi connectivity index (χ3n) is 10.5. The van der Waals surface area contributed by atoms with Crippen LogP contribution in [0.15, 0.2) is 210 Å². The van der Waals surface area contributed by atoms with E-state index < -0.39 is 50.5 Å². The van der Waals surface area contributed by atoms with Gasteiger partial charge in [0.1, 0.15) is 31.8 Å². The van der Waals surface area contributed by atoms with Crippen molar-refractivity contribution in [3.05, 3.63) is 257 Å². The summed E-state index contributed by atoms with van der Waals surface area (Å²) in [7, 11) is -1.75. The van der Waals surface area contributed by atoms with Crippen molar-refractivity contribution >= 4 is 59.0 Å². The first-order chi connectivity index (χ1) is 31.0. The summed E-state index contributed by atoms with van der Waals surface area (Å²) in [5.41, 5.74) is 1.22. The van der Waals surface area contributed by atoms with Gasteiger partial charge in [0.05, 0.1) is 27.1 Å². The van der Waals surface area contributed by atoms with Crippen molar-refractivity contribution in [3.8, 4) is 0 Å². The van der Waals surface area contributed by atoms with Gasteiger partial charge >= 0.3 is 17.1 Å². The Morgan fingerprint density at radius 2 is 0.723 bits per heavy atom. The van der Waals surface area contributed by atoms with Gasteiger partial charge in [0, 0.05) is 5.71 Å².